The minimum absolute atomic E-state index is 0.0148. The standard InChI is InChI=1S/C19H19N3O2/c1-13-7-6-10-16(14(13)2)20-18(23)19-22-21-17(24-19)12-11-15-8-4-3-5-9-15/h3-10H,11-12H2,1-2H3,(H,20,23). The molecule has 2 aromatic carbocycles. The van der Waals surface area contributed by atoms with Crippen LogP contribution in [-0.2, 0) is 12.8 Å². The summed E-state index contributed by atoms with van der Waals surface area (Å²) in [6.45, 7) is 3.96. The van der Waals surface area contributed by atoms with E-state index < -0.39 is 0 Å². The maximum atomic E-state index is 12.3. The Morgan fingerprint density at radius 2 is 1.79 bits per heavy atom. The summed E-state index contributed by atoms with van der Waals surface area (Å²) in [4.78, 5) is 12.3. The lowest BCUT2D eigenvalue weighted by Crippen LogP contribution is -2.13. The summed E-state index contributed by atoms with van der Waals surface area (Å²) in [5, 5.41) is 10.6. The molecule has 122 valence electrons. The molecule has 5 nitrogen and oxygen atoms in total. The number of aromatic nitrogens is 2. The van der Waals surface area contributed by atoms with Crippen LogP contribution in [0.3, 0.4) is 0 Å². The fourth-order valence-electron chi connectivity index (χ4n) is 2.40. The highest BCUT2D eigenvalue weighted by Gasteiger charge is 2.16. The van der Waals surface area contributed by atoms with Crippen LogP contribution in [0.2, 0.25) is 0 Å². The van der Waals surface area contributed by atoms with Gasteiger partial charge in [0.25, 0.3) is 0 Å². The van der Waals surface area contributed by atoms with Crippen molar-refractivity contribution < 1.29 is 9.21 Å². The van der Waals surface area contributed by atoms with Gasteiger partial charge in [-0.15, -0.1) is 10.2 Å². The Labute approximate surface area is 140 Å². The highest BCUT2D eigenvalue weighted by atomic mass is 16.4. The maximum absolute atomic E-state index is 12.3. The van der Waals surface area contributed by atoms with Crippen molar-refractivity contribution in [3.05, 3.63) is 77.0 Å². The fraction of sp³-hybridized carbons (Fsp3) is 0.211. The lowest BCUT2D eigenvalue weighted by atomic mass is 10.1. The first-order valence-electron chi connectivity index (χ1n) is 7.87. The molecule has 24 heavy (non-hydrogen) atoms. The van der Waals surface area contributed by atoms with Gasteiger partial charge in [-0.3, -0.25) is 4.79 Å². The zero-order valence-electron chi connectivity index (χ0n) is 13.7. The summed E-state index contributed by atoms with van der Waals surface area (Å²) < 4.78 is 5.48. The molecule has 0 aliphatic carbocycles. The van der Waals surface area contributed by atoms with Crippen molar-refractivity contribution in [2.24, 2.45) is 0 Å². The minimum atomic E-state index is -0.387. The average molecular weight is 321 g/mol. The Kier molecular flexibility index (Phi) is 4.70. The zero-order valence-corrected chi connectivity index (χ0v) is 13.7. The number of rotatable bonds is 5. The molecule has 0 spiro atoms. The normalized spacial score (nSPS) is 10.6. The monoisotopic (exact) mass is 321 g/mol. The molecule has 0 saturated heterocycles. The van der Waals surface area contributed by atoms with Gasteiger partial charge in [0.15, 0.2) is 0 Å². The molecule has 1 heterocycles. The van der Waals surface area contributed by atoms with Crippen LogP contribution in [0.25, 0.3) is 0 Å². The summed E-state index contributed by atoms with van der Waals surface area (Å²) >= 11 is 0. The molecule has 0 aliphatic heterocycles. The summed E-state index contributed by atoms with van der Waals surface area (Å²) in [5.74, 6) is 0.0612. The van der Waals surface area contributed by atoms with Crippen LogP contribution in [0.15, 0.2) is 52.9 Å². The van der Waals surface area contributed by atoms with E-state index in [9.17, 15) is 4.79 Å². The predicted molar refractivity (Wildman–Crippen MR) is 92.0 cm³/mol. The van der Waals surface area contributed by atoms with Crippen molar-refractivity contribution in [3.8, 4) is 0 Å². The molecule has 0 radical (unpaired) electrons. The van der Waals surface area contributed by atoms with Gasteiger partial charge in [0.05, 0.1) is 0 Å². The van der Waals surface area contributed by atoms with Crippen LogP contribution in [0.1, 0.15) is 33.3 Å². The second kappa shape index (κ2) is 7.08. The largest absolute Gasteiger partial charge is 0.417 e. The van der Waals surface area contributed by atoms with E-state index in [2.05, 4.69) is 15.5 Å². The molecule has 3 rings (SSSR count). The SMILES string of the molecule is Cc1cccc(NC(=O)c2nnc(CCc3ccccc3)o2)c1C. The van der Waals surface area contributed by atoms with Crippen LogP contribution >= 0.6 is 0 Å². The Hall–Kier alpha value is -2.95. The van der Waals surface area contributed by atoms with Crippen molar-refractivity contribution in [3.63, 3.8) is 0 Å². The van der Waals surface area contributed by atoms with E-state index in [0.717, 1.165) is 23.2 Å². The van der Waals surface area contributed by atoms with Crippen molar-refractivity contribution in [1.82, 2.24) is 10.2 Å². The first-order valence-corrected chi connectivity index (χ1v) is 7.87. The third kappa shape index (κ3) is 3.68. The van der Waals surface area contributed by atoms with Gasteiger partial charge < -0.3 is 9.73 Å². The smallest absolute Gasteiger partial charge is 0.313 e. The topological polar surface area (TPSA) is 68.0 Å². The Bertz CT molecular complexity index is 841. The molecule has 1 N–H and O–H groups in total. The zero-order chi connectivity index (χ0) is 16.9. The third-order valence-electron chi connectivity index (χ3n) is 3.98. The van der Waals surface area contributed by atoms with Gasteiger partial charge in [-0.25, -0.2) is 0 Å². The van der Waals surface area contributed by atoms with Gasteiger partial charge in [0.1, 0.15) is 0 Å². The number of hydrogen-bond acceptors (Lipinski definition) is 4. The Balaban J connectivity index is 1.64. The number of nitrogens with one attached hydrogen (secondary N) is 1. The quantitative estimate of drug-likeness (QED) is 0.777. The van der Waals surface area contributed by atoms with Gasteiger partial charge in [-0.05, 0) is 43.0 Å². The van der Waals surface area contributed by atoms with Crippen LogP contribution in [-0.4, -0.2) is 16.1 Å². The van der Waals surface area contributed by atoms with Gasteiger partial charge in [0, 0.05) is 12.1 Å². The van der Waals surface area contributed by atoms with Crippen molar-refractivity contribution >= 4 is 11.6 Å². The molecule has 0 aliphatic rings. The third-order valence-corrected chi connectivity index (χ3v) is 3.98. The summed E-state index contributed by atoms with van der Waals surface area (Å²) in [6.07, 6.45) is 1.40. The minimum Gasteiger partial charge on any atom is -0.417 e. The summed E-state index contributed by atoms with van der Waals surface area (Å²) in [5.41, 5.74) is 4.08. The number of aryl methyl sites for hydroxylation is 3. The highest BCUT2D eigenvalue weighted by Crippen LogP contribution is 2.18. The average Bonchev–Trinajstić information content (AvgIpc) is 3.07. The second-order valence-electron chi connectivity index (χ2n) is 5.69. The lowest BCUT2D eigenvalue weighted by molar-refractivity contribution is 0.0988. The molecule has 3 aromatic rings. The van der Waals surface area contributed by atoms with Gasteiger partial charge in [-0.1, -0.05) is 42.5 Å². The van der Waals surface area contributed by atoms with Gasteiger partial charge >= 0.3 is 11.8 Å². The van der Waals surface area contributed by atoms with Crippen molar-refractivity contribution in [1.29, 1.82) is 0 Å². The molecule has 5 heteroatoms. The summed E-state index contributed by atoms with van der Waals surface area (Å²) in [6, 6.07) is 15.8. The Morgan fingerprint density at radius 1 is 1.00 bits per heavy atom. The molecule has 0 fully saturated rings. The van der Waals surface area contributed by atoms with E-state index in [0.29, 0.717) is 12.3 Å². The number of anilines is 1. The molecule has 0 saturated carbocycles. The van der Waals surface area contributed by atoms with Crippen LogP contribution in [0.5, 0.6) is 0 Å². The number of carbonyl (C=O) groups is 1. The Morgan fingerprint density at radius 3 is 2.58 bits per heavy atom. The maximum Gasteiger partial charge on any atom is 0.313 e. The first-order chi connectivity index (χ1) is 11.6. The second-order valence-corrected chi connectivity index (χ2v) is 5.69. The van der Waals surface area contributed by atoms with E-state index in [4.69, 9.17) is 4.42 Å². The first kappa shape index (κ1) is 15.9. The fourth-order valence-corrected chi connectivity index (χ4v) is 2.40. The van der Waals surface area contributed by atoms with Crippen LogP contribution in [0, 0.1) is 13.8 Å². The number of hydrogen-bond donors (Lipinski definition) is 1. The van der Waals surface area contributed by atoms with E-state index in [-0.39, 0.29) is 11.8 Å². The summed E-state index contributed by atoms with van der Waals surface area (Å²) in [7, 11) is 0. The van der Waals surface area contributed by atoms with Crippen molar-refractivity contribution in [2.75, 3.05) is 5.32 Å². The predicted octanol–water partition coefficient (Wildman–Crippen LogP) is 3.72. The number of nitrogens with zero attached hydrogens (tertiary/aromatic N) is 2. The molecule has 1 aromatic heterocycles. The van der Waals surface area contributed by atoms with E-state index >= 15 is 0 Å². The molecule has 0 unspecified atom stereocenters. The van der Waals surface area contributed by atoms with Gasteiger partial charge in [0.2, 0.25) is 5.89 Å². The van der Waals surface area contributed by atoms with Crippen LogP contribution < -0.4 is 5.32 Å². The van der Waals surface area contributed by atoms with E-state index in [1.165, 1.54) is 5.56 Å². The molecule has 1 amide bonds. The van der Waals surface area contributed by atoms with Crippen LogP contribution in [0.4, 0.5) is 5.69 Å². The molecule has 0 bridgehead atoms. The number of carbonyl (C=O) groups excluding carboxylic acids is 1. The van der Waals surface area contributed by atoms with Crippen molar-refractivity contribution in [2.45, 2.75) is 26.7 Å². The number of amides is 1. The molecule has 0 atom stereocenters. The lowest BCUT2D eigenvalue weighted by Gasteiger charge is -2.08. The van der Waals surface area contributed by atoms with E-state index in [1.807, 2.05) is 62.4 Å². The van der Waals surface area contributed by atoms with E-state index in [1.54, 1.807) is 0 Å². The molecular weight excluding hydrogens is 302 g/mol. The van der Waals surface area contributed by atoms with Gasteiger partial charge in [-0.2, -0.15) is 0 Å². The molecular formula is C19H19N3O2. The highest BCUT2D eigenvalue weighted by molar-refractivity contribution is 6.01. The number of benzene rings is 2.